The summed E-state index contributed by atoms with van der Waals surface area (Å²) in [4.78, 5) is 36.7. The number of carbonyl (C=O) groups excluding carboxylic acids is 1. The number of aryl methyl sites for hydroxylation is 3. The molecule has 10 nitrogen and oxygen atoms in total. The summed E-state index contributed by atoms with van der Waals surface area (Å²) in [5.41, 5.74) is 3.36. The number of nitrogens with zero attached hydrogens (tertiary/aromatic N) is 5. The smallest absolute Gasteiger partial charge is 0.277 e. The van der Waals surface area contributed by atoms with Gasteiger partial charge in [0.05, 0.1) is 30.5 Å². The largest absolute Gasteiger partial charge is 0.493 e. The van der Waals surface area contributed by atoms with Crippen molar-refractivity contribution < 1.29 is 14.6 Å². The van der Waals surface area contributed by atoms with Crippen LogP contribution in [0.4, 0.5) is 0 Å². The van der Waals surface area contributed by atoms with Gasteiger partial charge in [0.1, 0.15) is 17.1 Å². The molecule has 200 valence electrons. The van der Waals surface area contributed by atoms with E-state index in [1.54, 1.807) is 11.7 Å². The highest BCUT2D eigenvalue weighted by Gasteiger charge is 2.24. The second-order valence-corrected chi connectivity index (χ2v) is 9.60. The second-order valence-electron chi connectivity index (χ2n) is 9.60. The van der Waals surface area contributed by atoms with Crippen molar-refractivity contribution in [2.45, 2.75) is 52.6 Å². The Bertz CT molecular complexity index is 1300. The van der Waals surface area contributed by atoms with Crippen molar-refractivity contribution in [1.29, 1.82) is 0 Å². The number of piperazine rings is 1. The lowest BCUT2D eigenvalue weighted by molar-refractivity contribution is -0.136. The van der Waals surface area contributed by atoms with Gasteiger partial charge in [-0.25, -0.2) is 4.98 Å². The zero-order valence-corrected chi connectivity index (χ0v) is 22.3. The van der Waals surface area contributed by atoms with E-state index in [9.17, 15) is 14.7 Å². The Balaban J connectivity index is 1.54. The Morgan fingerprint density at radius 1 is 1.16 bits per heavy atom. The fraction of sp³-hybridized carbons (Fsp3) is 0.556. The van der Waals surface area contributed by atoms with Gasteiger partial charge in [-0.3, -0.25) is 19.2 Å². The van der Waals surface area contributed by atoms with Gasteiger partial charge >= 0.3 is 0 Å². The molecule has 1 saturated heterocycles. The summed E-state index contributed by atoms with van der Waals surface area (Å²) in [6.07, 6.45) is 2.30. The minimum atomic E-state index is -0.544. The van der Waals surface area contributed by atoms with Crippen LogP contribution in [0.3, 0.4) is 0 Å². The van der Waals surface area contributed by atoms with Gasteiger partial charge in [0, 0.05) is 33.2 Å². The predicted octanol–water partition coefficient (Wildman–Crippen LogP) is 2.13. The molecule has 0 radical (unpaired) electrons. The number of fused-ring (bicyclic) bond motifs is 1. The standard InChI is InChI=1S/C27H38N6O4/c1-5-8-21-24-25(31(4)30-21)27(36)29-26(28-24)20-15-18(10-12-22(20)37-7-3)9-11-19(34)16-32-13-14-33(6-2)23(35)17-32/h10,12,15,19,34H,5-9,11,13-14,16-17H2,1-4H3,(H,28,29,36). The van der Waals surface area contributed by atoms with E-state index in [0.717, 1.165) is 37.2 Å². The fourth-order valence-corrected chi connectivity index (χ4v) is 4.95. The molecule has 0 aliphatic carbocycles. The molecule has 1 atom stereocenters. The van der Waals surface area contributed by atoms with E-state index in [2.05, 4.69) is 17.0 Å². The van der Waals surface area contributed by atoms with Crippen molar-refractivity contribution in [2.75, 3.05) is 39.3 Å². The summed E-state index contributed by atoms with van der Waals surface area (Å²) < 4.78 is 7.45. The number of hydrogen-bond donors (Lipinski definition) is 2. The predicted molar refractivity (Wildman–Crippen MR) is 143 cm³/mol. The van der Waals surface area contributed by atoms with Gasteiger partial charge in [-0.05, 0) is 50.8 Å². The van der Waals surface area contributed by atoms with Crippen LogP contribution in [-0.2, 0) is 24.7 Å². The lowest BCUT2D eigenvalue weighted by Crippen LogP contribution is -2.51. The van der Waals surface area contributed by atoms with Gasteiger partial charge in [0.25, 0.3) is 5.56 Å². The third kappa shape index (κ3) is 6.02. The topological polar surface area (TPSA) is 117 Å². The Hall–Kier alpha value is -3.24. The van der Waals surface area contributed by atoms with E-state index < -0.39 is 6.10 Å². The lowest BCUT2D eigenvalue weighted by Gasteiger charge is -2.34. The summed E-state index contributed by atoms with van der Waals surface area (Å²) in [6.45, 7) is 9.49. The Morgan fingerprint density at radius 2 is 1.97 bits per heavy atom. The molecular formula is C27H38N6O4. The molecular weight excluding hydrogens is 472 g/mol. The van der Waals surface area contributed by atoms with Crippen molar-refractivity contribution in [3.63, 3.8) is 0 Å². The zero-order valence-electron chi connectivity index (χ0n) is 22.3. The van der Waals surface area contributed by atoms with Crippen LogP contribution in [0.1, 0.15) is 44.9 Å². The molecule has 3 aromatic rings. The average molecular weight is 511 g/mol. The maximum Gasteiger partial charge on any atom is 0.277 e. The van der Waals surface area contributed by atoms with E-state index in [4.69, 9.17) is 9.72 Å². The Labute approximate surface area is 217 Å². The molecule has 2 N–H and O–H groups in total. The minimum Gasteiger partial charge on any atom is -0.493 e. The Kier molecular flexibility index (Phi) is 8.60. The number of aliphatic hydroxyl groups is 1. The van der Waals surface area contributed by atoms with Gasteiger partial charge < -0.3 is 19.7 Å². The lowest BCUT2D eigenvalue weighted by atomic mass is 10.0. The van der Waals surface area contributed by atoms with Crippen LogP contribution >= 0.6 is 0 Å². The first-order valence-electron chi connectivity index (χ1n) is 13.2. The number of hydrogen-bond acceptors (Lipinski definition) is 7. The molecule has 1 fully saturated rings. The molecule has 37 heavy (non-hydrogen) atoms. The van der Waals surface area contributed by atoms with Gasteiger partial charge in [0.15, 0.2) is 5.52 Å². The molecule has 4 rings (SSSR count). The summed E-state index contributed by atoms with van der Waals surface area (Å²) in [5.74, 6) is 1.20. The number of ether oxygens (including phenoxy) is 1. The first-order chi connectivity index (χ1) is 17.8. The van der Waals surface area contributed by atoms with Crippen LogP contribution in [0.15, 0.2) is 23.0 Å². The monoisotopic (exact) mass is 510 g/mol. The number of aromatic amines is 1. The first-order valence-corrected chi connectivity index (χ1v) is 13.2. The van der Waals surface area contributed by atoms with Crippen molar-refractivity contribution in [2.24, 2.45) is 7.05 Å². The van der Waals surface area contributed by atoms with Crippen LogP contribution < -0.4 is 10.3 Å². The van der Waals surface area contributed by atoms with Crippen molar-refractivity contribution in [3.8, 4) is 17.1 Å². The fourth-order valence-electron chi connectivity index (χ4n) is 4.95. The van der Waals surface area contributed by atoms with Crippen LogP contribution in [0.25, 0.3) is 22.4 Å². The molecule has 2 aromatic heterocycles. The Morgan fingerprint density at radius 3 is 2.68 bits per heavy atom. The molecule has 1 aliphatic heterocycles. The number of aliphatic hydroxyl groups excluding tert-OH is 1. The van der Waals surface area contributed by atoms with E-state index in [0.29, 0.717) is 67.3 Å². The highest BCUT2D eigenvalue weighted by Crippen LogP contribution is 2.30. The normalized spacial score (nSPS) is 15.5. The number of likely N-dealkylation sites (N-methyl/N-ethyl adjacent to an activating group) is 1. The summed E-state index contributed by atoms with van der Waals surface area (Å²) >= 11 is 0. The SMILES string of the molecule is CCCc1nn(C)c2c(=O)[nH]c(-c3cc(CCC(O)CN4CCN(CC)C(=O)C4)ccc3OCC)nc12. The summed E-state index contributed by atoms with van der Waals surface area (Å²) in [6, 6.07) is 5.85. The molecule has 3 heterocycles. The third-order valence-corrected chi connectivity index (χ3v) is 6.86. The quantitative estimate of drug-likeness (QED) is 0.406. The van der Waals surface area contributed by atoms with Gasteiger partial charge in [-0.2, -0.15) is 5.10 Å². The van der Waals surface area contributed by atoms with Crippen LogP contribution in [0, 0.1) is 0 Å². The van der Waals surface area contributed by atoms with E-state index in [1.165, 1.54) is 0 Å². The van der Waals surface area contributed by atoms with Crippen molar-refractivity contribution in [3.05, 3.63) is 39.8 Å². The van der Waals surface area contributed by atoms with Crippen LogP contribution in [-0.4, -0.2) is 86.0 Å². The number of amides is 1. The minimum absolute atomic E-state index is 0.117. The molecule has 1 amide bonds. The first kappa shape index (κ1) is 26.8. The summed E-state index contributed by atoms with van der Waals surface area (Å²) in [5, 5.41) is 15.2. The van der Waals surface area contributed by atoms with Gasteiger partial charge in [-0.15, -0.1) is 0 Å². The maximum absolute atomic E-state index is 13.0. The highest BCUT2D eigenvalue weighted by molar-refractivity contribution is 5.80. The number of benzene rings is 1. The molecule has 1 aromatic carbocycles. The van der Waals surface area contributed by atoms with Crippen LogP contribution in [0.2, 0.25) is 0 Å². The maximum atomic E-state index is 13.0. The van der Waals surface area contributed by atoms with Gasteiger partial charge in [0.2, 0.25) is 5.91 Å². The summed E-state index contributed by atoms with van der Waals surface area (Å²) in [7, 11) is 1.76. The van der Waals surface area contributed by atoms with E-state index >= 15 is 0 Å². The van der Waals surface area contributed by atoms with Crippen LogP contribution in [0.5, 0.6) is 5.75 Å². The molecule has 10 heteroatoms. The molecule has 1 unspecified atom stereocenters. The number of carbonyl (C=O) groups is 1. The second kappa shape index (κ2) is 11.9. The number of nitrogens with one attached hydrogen (secondary N) is 1. The molecule has 0 spiro atoms. The zero-order chi connectivity index (χ0) is 26.5. The third-order valence-electron chi connectivity index (χ3n) is 6.86. The molecule has 0 saturated carbocycles. The number of β-amino-alcohol motifs (C(OH)–C–C–N with tert-alkyl or cyclic N) is 1. The number of rotatable bonds is 11. The average Bonchev–Trinajstić information content (AvgIpc) is 3.19. The van der Waals surface area contributed by atoms with Crippen molar-refractivity contribution >= 4 is 16.9 Å². The van der Waals surface area contributed by atoms with Gasteiger partial charge in [-0.1, -0.05) is 19.4 Å². The molecule has 0 bridgehead atoms. The van der Waals surface area contributed by atoms with Crippen molar-refractivity contribution in [1.82, 2.24) is 29.5 Å². The number of H-pyrrole nitrogens is 1. The van der Waals surface area contributed by atoms with E-state index in [-0.39, 0.29) is 11.5 Å². The number of aromatic nitrogens is 4. The highest BCUT2D eigenvalue weighted by atomic mass is 16.5. The van der Waals surface area contributed by atoms with E-state index in [1.807, 2.05) is 41.8 Å². The molecule has 1 aliphatic rings.